The molecule has 13 nitrogen and oxygen atoms in total. The lowest BCUT2D eigenvalue weighted by Gasteiger charge is -2.41. The van der Waals surface area contributed by atoms with Crippen molar-refractivity contribution >= 4 is 13.7 Å². The van der Waals surface area contributed by atoms with Crippen LogP contribution in [0.5, 0.6) is 0 Å². The second kappa shape index (κ2) is 34.1. The van der Waals surface area contributed by atoms with Crippen molar-refractivity contribution in [1.82, 2.24) is 5.32 Å². The molecule has 8 unspecified atom stereocenters. The van der Waals surface area contributed by atoms with Gasteiger partial charge in [-0.15, -0.1) is 0 Å². The van der Waals surface area contributed by atoms with Crippen molar-refractivity contribution in [3.05, 3.63) is 36.5 Å². The molecule has 58 heavy (non-hydrogen) atoms. The van der Waals surface area contributed by atoms with Gasteiger partial charge in [0.05, 0.1) is 31.3 Å². The summed E-state index contributed by atoms with van der Waals surface area (Å²) in [5.74, 6) is -0.608. The van der Waals surface area contributed by atoms with E-state index >= 15 is 0 Å². The van der Waals surface area contributed by atoms with Gasteiger partial charge in [-0.25, -0.2) is 4.57 Å². The first kappa shape index (κ1) is 54.5. The number of phosphoric ester groups is 1. The Labute approximate surface area is 349 Å². The lowest BCUT2D eigenvalue weighted by molar-refractivity contribution is -0.220. The minimum absolute atomic E-state index is 0.251. The SMILES string of the molecule is CCC/C=C/C(O)C(COP(=O)(O)OC1C(O)C(O)C(O)C(O)C1O)NC(=O)CC(O)CCCCCCCCCCC/C=C\C/C=C\CCCCCCCCCCC. The summed E-state index contributed by atoms with van der Waals surface area (Å²) >= 11 is 0. The summed E-state index contributed by atoms with van der Waals surface area (Å²) in [6, 6.07) is -1.24. The molecule has 1 aliphatic carbocycles. The molecule has 0 saturated heterocycles. The van der Waals surface area contributed by atoms with Crippen molar-refractivity contribution in [3.63, 3.8) is 0 Å². The van der Waals surface area contributed by atoms with E-state index in [0.717, 1.165) is 44.9 Å². The van der Waals surface area contributed by atoms with E-state index in [0.29, 0.717) is 12.8 Å². The van der Waals surface area contributed by atoms with Crippen LogP contribution < -0.4 is 5.32 Å². The smallest absolute Gasteiger partial charge is 0.393 e. The number of unbranched alkanes of at least 4 members (excludes halogenated alkanes) is 19. The highest BCUT2D eigenvalue weighted by Crippen LogP contribution is 2.47. The number of amides is 1. The lowest BCUT2D eigenvalue weighted by Crippen LogP contribution is -2.64. The molecular formula is C44H82NO12P. The summed E-state index contributed by atoms with van der Waals surface area (Å²) in [7, 11) is -5.12. The predicted octanol–water partition coefficient (Wildman–Crippen LogP) is 6.97. The Morgan fingerprint density at radius 2 is 1.09 bits per heavy atom. The van der Waals surface area contributed by atoms with E-state index in [1.54, 1.807) is 6.08 Å². The van der Waals surface area contributed by atoms with Gasteiger partial charge in [-0.1, -0.05) is 159 Å². The zero-order chi connectivity index (χ0) is 43.0. The van der Waals surface area contributed by atoms with Gasteiger partial charge < -0.3 is 46.0 Å². The molecule has 0 aromatic rings. The minimum atomic E-state index is -5.12. The van der Waals surface area contributed by atoms with Crippen molar-refractivity contribution < 1.29 is 59.0 Å². The van der Waals surface area contributed by atoms with Crippen molar-refractivity contribution in [2.75, 3.05) is 6.61 Å². The van der Waals surface area contributed by atoms with E-state index in [1.165, 1.54) is 102 Å². The molecule has 0 radical (unpaired) electrons. The normalized spacial score (nSPS) is 24.1. The number of hydrogen-bond acceptors (Lipinski definition) is 11. The van der Waals surface area contributed by atoms with Crippen LogP contribution in [0, 0.1) is 0 Å². The van der Waals surface area contributed by atoms with Crippen LogP contribution in [0.15, 0.2) is 36.5 Å². The highest BCUT2D eigenvalue weighted by atomic mass is 31.2. The van der Waals surface area contributed by atoms with Crippen LogP contribution in [0.3, 0.4) is 0 Å². The second-order valence-corrected chi connectivity index (χ2v) is 17.5. The van der Waals surface area contributed by atoms with Crippen LogP contribution in [0.4, 0.5) is 0 Å². The molecule has 0 aromatic carbocycles. The molecule has 1 saturated carbocycles. The number of aliphatic hydroxyl groups excluding tert-OH is 7. The third-order valence-electron chi connectivity index (χ3n) is 10.7. The first-order valence-electron chi connectivity index (χ1n) is 22.5. The number of nitrogens with one attached hydrogen (secondary N) is 1. The Morgan fingerprint density at radius 1 is 0.621 bits per heavy atom. The van der Waals surface area contributed by atoms with Crippen molar-refractivity contribution in [2.45, 2.75) is 229 Å². The number of hydrogen-bond donors (Lipinski definition) is 9. The molecule has 0 aliphatic heterocycles. The van der Waals surface area contributed by atoms with E-state index in [-0.39, 0.29) is 6.42 Å². The Balaban J connectivity index is 2.22. The van der Waals surface area contributed by atoms with Crippen molar-refractivity contribution in [3.8, 4) is 0 Å². The van der Waals surface area contributed by atoms with Crippen LogP contribution >= 0.6 is 7.82 Å². The summed E-state index contributed by atoms with van der Waals surface area (Å²) in [6.45, 7) is 3.46. The summed E-state index contributed by atoms with van der Waals surface area (Å²) < 4.78 is 22.5. The fourth-order valence-corrected chi connectivity index (χ4v) is 7.95. The van der Waals surface area contributed by atoms with Crippen LogP contribution in [0.25, 0.3) is 0 Å². The summed E-state index contributed by atoms with van der Waals surface area (Å²) in [5, 5.41) is 73.5. The van der Waals surface area contributed by atoms with Gasteiger partial charge >= 0.3 is 7.82 Å². The van der Waals surface area contributed by atoms with Gasteiger partial charge in [0.2, 0.25) is 5.91 Å². The van der Waals surface area contributed by atoms with E-state index in [4.69, 9.17) is 9.05 Å². The molecule has 1 rings (SSSR count). The molecule has 8 atom stereocenters. The largest absolute Gasteiger partial charge is 0.472 e. The Morgan fingerprint density at radius 3 is 1.59 bits per heavy atom. The Kier molecular flexibility index (Phi) is 32.1. The average molecular weight is 848 g/mol. The minimum Gasteiger partial charge on any atom is -0.393 e. The van der Waals surface area contributed by atoms with Gasteiger partial charge in [0.25, 0.3) is 0 Å². The number of carbonyl (C=O) groups excluding carboxylic acids is 1. The number of phosphoric acid groups is 1. The summed E-state index contributed by atoms with van der Waals surface area (Å²) in [4.78, 5) is 23.1. The highest BCUT2D eigenvalue weighted by Gasteiger charge is 2.51. The third-order valence-corrected chi connectivity index (χ3v) is 11.7. The van der Waals surface area contributed by atoms with E-state index < -0.39 is 75.2 Å². The van der Waals surface area contributed by atoms with Gasteiger partial charge in [-0.05, 0) is 44.9 Å². The number of allylic oxidation sites excluding steroid dienone is 5. The fourth-order valence-electron chi connectivity index (χ4n) is 6.98. The lowest BCUT2D eigenvalue weighted by atomic mass is 9.85. The molecule has 1 fully saturated rings. The average Bonchev–Trinajstić information content (AvgIpc) is 3.19. The maximum Gasteiger partial charge on any atom is 0.472 e. The van der Waals surface area contributed by atoms with E-state index in [2.05, 4.69) is 36.5 Å². The molecule has 1 amide bonds. The van der Waals surface area contributed by atoms with E-state index in [9.17, 15) is 50.0 Å². The second-order valence-electron chi connectivity index (χ2n) is 16.1. The molecule has 0 heterocycles. The van der Waals surface area contributed by atoms with Crippen molar-refractivity contribution in [1.29, 1.82) is 0 Å². The van der Waals surface area contributed by atoms with Crippen LogP contribution in [0.2, 0.25) is 0 Å². The number of carbonyl (C=O) groups is 1. The highest BCUT2D eigenvalue weighted by molar-refractivity contribution is 7.47. The van der Waals surface area contributed by atoms with Crippen molar-refractivity contribution in [2.24, 2.45) is 0 Å². The zero-order valence-corrected chi connectivity index (χ0v) is 36.6. The quantitative estimate of drug-likeness (QED) is 0.0177. The third kappa shape index (κ3) is 26.0. The first-order chi connectivity index (χ1) is 27.8. The topological polar surface area (TPSA) is 226 Å². The van der Waals surface area contributed by atoms with Gasteiger partial charge in [0.15, 0.2) is 0 Å². The molecule has 1 aliphatic rings. The standard InChI is InChI=1S/C44H82NO12P/c1-3-5-7-8-9-10-11-12-13-14-15-16-17-18-19-20-21-22-23-24-25-26-27-28-30-31-35(46)33-38(48)45-36(37(47)32-29-6-4-2)34-56-58(54,55)57-44-42(52)40(50)39(49)41(51)43(44)53/h15-16,18-19,29,32,35-37,39-44,46-47,49-53H,3-14,17,20-28,30-31,33-34H2,1-2H3,(H,45,48)(H,54,55)/b16-15-,19-18-,32-29+. The predicted molar refractivity (Wildman–Crippen MR) is 229 cm³/mol. The molecule has 14 heteroatoms. The molecular weight excluding hydrogens is 765 g/mol. The Bertz CT molecular complexity index is 1140. The molecule has 0 spiro atoms. The van der Waals surface area contributed by atoms with Gasteiger partial charge in [-0.2, -0.15) is 0 Å². The van der Waals surface area contributed by atoms with Gasteiger partial charge in [-0.3, -0.25) is 13.8 Å². The fraction of sp³-hybridized carbons (Fsp3) is 0.841. The van der Waals surface area contributed by atoms with E-state index in [1.807, 2.05) is 6.92 Å². The van der Waals surface area contributed by atoms with Crippen LogP contribution in [-0.4, -0.2) is 108 Å². The summed E-state index contributed by atoms with van der Waals surface area (Å²) in [5.41, 5.74) is 0. The van der Waals surface area contributed by atoms with Gasteiger partial charge in [0, 0.05) is 0 Å². The molecule has 0 aromatic heterocycles. The maximum atomic E-state index is 12.8. The van der Waals surface area contributed by atoms with Crippen LogP contribution in [0.1, 0.15) is 174 Å². The zero-order valence-electron chi connectivity index (χ0n) is 35.7. The molecule has 340 valence electrons. The Hall–Kier alpha value is -1.48. The molecule has 0 bridgehead atoms. The van der Waals surface area contributed by atoms with Crippen LogP contribution in [-0.2, 0) is 18.4 Å². The monoisotopic (exact) mass is 848 g/mol. The number of aliphatic hydroxyl groups is 7. The van der Waals surface area contributed by atoms with Gasteiger partial charge in [0.1, 0.15) is 36.6 Å². The maximum absolute atomic E-state index is 12.8. The summed E-state index contributed by atoms with van der Waals surface area (Å²) in [6.07, 6.45) is 25.4. The first-order valence-corrected chi connectivity index (χ1v) is 24.0. The molecule has 9 N–H and O–H groups in total. The number of rotatable bonds is 36.